The SMILES string of the molecule is CS(=O)(=O)NC(=O)c1c(-c2ccc[nH]c2=O)c2cc(Cl)ccc2n1Cc1ccc(O)cc1. The number of fused-ring (bicyclic) bond motifs is 1. The lowest BCUT2D eigenvalue weighted by molar-refractivity contribution is 0.0974. The van der Waals surface area contributed by atoms with Gasteiger partial charge < -0.3 is 14.7 Å². The summed E-state index contributed by atoms with van der Waals surface area (Å²) in [6.45, 7) is 0.176. The van der Waals surface area contributed by atoms with Gasteiger partial charge in [-0.2, -0.15) is 0 Å². The minimum absolute atomic E-state index is 0.00235. The molecule has 32 heavy (non-hydrogen) atoms. The number of phenolic OH excluding ortho intramolecular Hbond substituents is 1. The molecule has 0 aliphatic heterocycles. The Morgan fingerprint density at radius 2 is 1.88 bits per heavy atom. The van der Waals surface area contributed by atoms with Crippen LogP contribution in [0.5, 0.6) is 5.75 Å². The van der Waals surface area contributed by atoms with E-state index in [1.165, 1.54) is 18.3 Å². The average Bonchev–Trinajstić information content (AvgIpc) is 3.02. The highest BCUT2D eigenvalue weighted by atomic mass is 35.5. The lowest BCUT2D eigenvalue weighted by Gasteiger charge is -2.12. The van der Waals surface area contributed by atoms with Crippen LogP contribution in [0, 0.1) is 0 Å². The molecule has 2 aromatic carbocycles. The number of nitrogens with zero attached hydrogens (tertiary/aromatic N) is 1. The first kappa shape index (κ1) is 21.7. The number of phenols is 1. The van der Waals surface area contributed by atoms with Gasteiger partial charge >= 0.3 is 0 Å². The van der Waals surface area contributed by atoms with E-state index in [9.17, 15) is 23.1 Å². The lowest BCUT2D eigenvalue weighted by Crippen LogP contribution is -2.31. The van der Waals surface area contributed by atoms with Gasteiger partial charge in [-0.1, -0.05) is 23.7 Å². The number of benzene rings is 2. The van der Waals surface area contributed by atoms with Crippen LogP contribution in [0.3, 0.4) is 0 Å². The Bertz CT molecular complexity index is 1510. The number of rotatable bonds is 5. The second kappa shape index (κ2) is 8.18. The first-order valence-electron chi connectivity index (χ1n) is 9.44. The zero-order chi connectivity index (χ0) is 23.0. The Hall–Kier alpha value is -3.56. The molecule has 0 radical (unpaired) electrons. The highest BCUT2D eigenvalue weighted by molar-refractivity contribution is 7.89. The second-order valence-corrected chi connectivity index (χ2v) is 9.44. The Labute approximate surface area is 188 Å². The fourth-order valence-corrected chi connectivity index (χ4v) is 4.22. The molecule has 0 saturated carbocycles. The molecule has 0 unspecified atom stereocenters. The summed E-state index contributed by atoms with van der Waals surface area (Å²) >= 11 is 6.22. The molecule has 0 fully saturated rings. The standard InChI is InChI=1S/C22H18ClN3O5S/c1-32(30,31)25-22(29)20-19(16-3-2-10-24-21(16)28)17-11-14(23)6-9-18(17)26(20)12-13-4-7-15(27)8-5-13/h2-11,27H,12H2,1H3,(H,24,28)(H,25,29). The maximum atomic E-state index is 13.2. The number of amides is 1. The molecule has 8 nitrogen and oxygen atoms in total. The van der Waals surface area contributed by atoms with Crippen molar-refractivity contribution in [3.05, 3.63) is 87.4 Å². The Kier molecular flexibility index (Phi) is 5.53. The Balaban J connectivity index is 2.07. The van der Waals surface area contributed by atoms with Crippen LogP contribution < -0.4 is 10.3 Å². The van der Waals surface area contributed by atoms with Gasteiger partial charge in [-0.3, -0.25) is 9.59 Å². The quantitative estimate of drug-likeness (QED) is 0.413. The molecule has 0 aliphatic carbocycles. The summed E-state index contributed by atoms with van der Waals surface area (Å²) in [5.74, 6) is -0.790. The molecule has 2 heterocycles. The van der Waals surface area contributed by atoms with E-state index in [-0.39, 0.29) is 29.1 Å². The Morgan fingerprint density at radius 1 is 1.16 bits per heavy atom. The number of carbonyl (C=O) groups excluding carboxylic acids is 1. The number of aromatic amines is 1. The van der Waals surface area contributed by atoms with E-state index in [1.54, 1.807) is 47.0 Å². The molecule has 4 aromatic rings. The minimum atomic E-state index is -3.88. The molecule has 0 aliphatic rings. The van der Waals surface area contributed by atoms with Gasteiger partial charge in [0.15, 0.2) is 0 Å². The van der Waals surface area contributed by atoms with Crippen LogP contribution in [-0.2, 0) is 16.6 Å². The number of aromatic nitrogens is 2. The third kappa shape index (κ3) is 4.25. The van der Waals surface area contributed by atoms with E-state index >= 15 is 0 Å². The molecular formula is C22H18ClN3O5S. The average molecular weight is 472 g/mol. The van der Waals surface area contributed by atoms with Gasteiger partial charge in [0.2, 0.25) is 10.0 Å². The highest BCUT2D eigenvalue weighted by Gasteiger charge is 2.27. The van der Waals surface area contributed by atoms with Crippen molar-refractivity contribution in [3.8, 4) is 16.9 Å². The fraction of sp³-hybridized carbons (Fsp3) is 0.0909. The predicted octanol–water partition coefficient (Wildman–Crippen LogP) is 3.09. The number of nitrogens with one attached hydrogen (secondary N) is 2. The summed E-state index contributed by atoms with van der Waals surface area (Å²) in [6.07, 6.45) is 2.34. The molecule has 2 aromatic heterocycles. The molecule has 0 saturated heterocycles. The minimum Gasteiger partial charge on any atom is -0.508 e. The van der Waals surface area contributed by atoms with E-state index in [0.717, 1.165) is 11.8 Å². The monoisotopic (exact) mass is 471 g/mol. The van der Waals surface area contributed by atoms with Gasteiger partial charge in [-0.05, 0) is 48.0 Å². The topological polar surface area (TPSA) is 121 Å². The molecule has 4 rings (SSSR count). The van der Waals surface area contributed by atoms with Gasteiger partial charge in [0, 0.05) is 39.8 Å². The van der Waals surface area contributed by atoms with E-state index in [1.807, 2.05) is 4.72 Å². The van der Waals surface area contributed by atoms with E-state index in [2.05, 4.69) is 4.98 Å². The van der Waals surface area contributed by atoms with E-state index in [0.29, 0.717) is 15.9 Å². The van der Waals surface area contributed by atoms with Crippen LogP contribution in [0.4, 0.5) is 0 Å². The van der Waals surface area contributed by atoms with Crippen molar-refractivity contribution < 1.29 is 18.3 Å². The van der Waals surface area contributed by atoms with Crippen molar-refractivity contribution in [2.24, 2.45) is 0 Å². The number of aromatic hydroxyl groups is 1. The summed E-state index contributed by atoms with van der Waals surface area (Å²) in [5.41, 5.74) is 1.35. The van der Waals surface area contributed by atoms with Crippen LogP contribution in [0.15, 0.2) is 65.6 Å². The van der Waals surface area contributed by atoms with Gasteiger partial charge in [0.1, 0.15) is 11.4 Å². The number of carbonyl (C=O) groups is 1. The maximum absolute atomic E-state index is 13.2. The zero-order valence-corrected chi connectivity index (χ0v) is 18.4. The van der Waals surface area contributed by atoms with Crippen LogP contribution in [-0.4, -0.2) is 35.2 Å². The Morgan fingerprint density at radius 3 is 2.53 bits per heavy atom. The number of hydrogen-bond donors (Lipinski definition) is 3. The van der Waals surface area contributed by atoms with Gasteiger partial charge in [0.05, 0.1) is 6.26 Å². The fourth-order valence-electron chi connectivity index (χ4n) is 3.62. The number of halogens is 1. The summed E-state index contributed by atoms with van der Waals surface area (Å²) in [7, 11) is -3.88. The predicted molar refractivity (Wildman–Crippen MR) is 123 cm³/mol. The van der Waals surface area contributed by atoms with Crippen molar-refractivity contribution in [2.45, 2.75) is 6.54 Å². The summed E-state index contributed by atoms with van der Waals surface area (Å²) in [4.78, 5) is 28.4. The van der Waals surface area contributed by atoms with Crippen molar-refractivity contribution in [2.75, 3.05) is 6.26 Å². The molecule has 3 N–H and O–H groups in total. The van der Waals surface area contributed by atoms with Crippen molar-refractivity contribution in [1.82, 2.24) is 14.3 Å². The van der Waals surface area contributed by atoms with E-state index in [4.69, 9.17) is 11.6 Å². The van der Waals surface area contributed by atoms with Crippen LogP contribution in [0.25, 0.3) is 22.0 Å². The van der Waals surface area contributed by atoms with Crippen LogP contribution >= 0.6 is 11.6 Å². The van der Waals surface area contributed by atoms with Crippen LogP contribution in [0.1, 0.15) is 16.1 Å². The summed E-state index contributed by atoms with van der Waals surface area (Å²) in [5, 5.41) is 10.5. The van der Waals surface area contributed by atoms with Gasteiger partial charge in [-0.25, -0.2) is 13.1 Å². The van der Waals surface area contributed by atoms with Crippen molar-refractivity contribution in [1.29, 1.82) is 0 Å². The number of pyridine rings is 1. The van der Waals surface area contributed by atoms with Crippen LogP contribution in [0.2, 0.25) is 5.02 Å². The third-order valence-electron chi connectivity index (χ3n) is 4.88. The first-order valence-corrected chi connectivity index (χ1v) is 11.7. The van der Waals surface area contributed by atoms with Crippen molar-refractivity contribution >= 4 is 38.4 Å². The number of hydrogen-bond acceptors (Lipinski definition) is 5. The van der Waals surface area contributed by atoms with Gasteiger partial charge in [0.25, 0.3) is 11.5 Å². The maximum Gasteiger partial charge on any atom is 0.282 e. The van der Waals surface area contributed by atoms with E-state index < -0.39 is 21.5 Å². The lowest BCUT2D eigenvalue weighted by atomic mass is 10.0. The normalized spacial score (nSPS) is 11.6. The zero-order valence-electron chi connectivity index (χ0n) is 16.8. The molecule has 0 atom stereocenters. The summed E-state index contributed by atoms with van der Waals surface area (Å²) < 4.78 is 27.3. The first-order chi connectivity index (χ1) is 15.1. The van der Waals surface area contributed by atoms with Crippen molar-refractivity contribution in [3.63, 3.8) is 0 Å². The largest absolute Gasteiger partial charge is 0.508 e. The number of sulfonamides is 1. The van der Waals surface area contributed by atoms with Gasteiger partial charge in [-0.15, -0.1) is 0 Å². The smallest absolute Gasteiger partial charge is 0.282 e. The highest BCUT2D eigenvalue weighted by Crippen LogP contribution is 2.36. The second-order valence-electron chi connectivity index (χ2n) is 7.25. The molecule has 1 amide bonds. The third-order valence-corrected chi connectivity index (χ3v) is 5.67. The summed E-state index contributed by atoms with van der Waals surface area (Å²) in [6, 6.07) is 14.5. The molecular weight excluding hydrogens is 454 g/mol. The molecule has 10 heteroatoms. The number of H-pyrrole nitrogens is 1. The molecule has 0 spiro atoms. The molecule has 164 valence electrons. The molecule has 0 bridgehead atoms.